The topological polar surface area (TPSA) is 77.2 Å². The Labute approximate surface area is 175 Å². The highest BCUT2D eigenvalue weighted by Crippen LogP contribution is 2.43. The van der Waals surface area contributed by atoms with Crippen molar-refractivity contribution >= 4 is 27.1 Å². The molecule has 1 heterocycles. The molecule has 0 spiro atoms. The molecule has 9 heteroatoms. The fourth-order valence-corrected chi connectivity index (χ4v) is 4.74. The Bertz CT molecular complexity index is 1270. The normalized spacial score (nSPS) is 11.9. The van der Waals surface area contributed by atoms with Gasteiger partial charge in [0.1, 0.15) is 0 Å². The maximum Gasteiger partial charge on any atom is 0.416 e. The summed E-state index contributed by atoms with van der Waals surface area (Å²) >= 11 is 1.07. The fraction of sp³-hybridized carbons (Fsp3) is 0.0952. The first-order valence-electron chi connectivity index (χ1n) is 8.38. The van der Waals surface area contributed by atoms with Gasteiger partial charge in [0.2, 0.25) is 15.8 Å². The van der Waals surface area contributed by atoms with Crippen molar-refractivity contribution in [3.8, 4) is 33.9 Å². The molecule has 0 atom stereocenters. The lowest BCUT2D eigenvalue weighted by atomic mass is 9.97. The summed E-state index contributed by atoms with van der Waals surface area (Å²) in [6.07, 6.45) is 0.830. The second kappa shape index (κ2) is 7.72. The molecule has 0 fully saturated rings. The summed E-state index contributed by atoms with van der Waals surface area (Å²) in [6.45, 7) is 1.72. The van der Waals surface area contributed by atoms with Crippen molar-refractivity contribution in [3.05, 3.63) is 64.5 Å². The number of ketones is 1. The standard InChI is InChI=1S/C21H14F3NO3S2/c1-3-17(26)20-18(13-6-10-16(11-7-13)30(25,27)28)12(2)19(29-20)14-4-8-15(9-5-14)21(22,23)24/h1,4-11H,2H3,(H2,25,27,28). The lowest BCUT2D eigenvalue weighted by Crippen LogP contribution is -2.11. The van der Waals surface area contributed by atoms with Crippen LogP contribution >= 0.6 is 11.3 Å². The van der Waals surface area contributed by atoms with Gasteiger partial charge in [-0.15, -0.1) is 17.8 Å². The molecule has 3 aromatic rings. The molecule has 0 unspecified atom stereocenters. The second-order valence-corrected chi connectivity index (χ2v) is 8.96. The number of nitrogens with two attached hydrogens (primary N) is 1. The number of benzene rings is 2. The zero-order valence-corrected chi connectivity index (χ0v) is 17.1. The van der Waals surface area contributed by atoms with Crippen LogP contribution in [-0.2, 0) is 16.2 Å². The third kappa shape index (κ3) is 4.16. The van der Waals surface area contributed by atoms with Gasteiger partial charge in [0.05, 0.1) is 15.3 Å². The molecule has 0 saturated carbocycles. The molecular formula is C21H14F3NO3S2. The van der Waals surface area contributed by atoms with E-state index in [1.54, 1.807) is 6.92 Å². The van der Waals surface area contributed by atoms with Crippen LogP contribution in [-0.4, -0.2) is 14.2 Å². The molecule has 0 aliphatic carbocycles. The number of terminal acetylenes is 1. The lowest BCUT2D eigenvalue weighted by molar-refractivity contribution is -0.137. The van der Waals surface area contributed by atoms with Crippen molar-refractivity contribution < 1.29 is 26.4 Å². The van der Waals surface area contributed by atoms with E-state index >= 15 is 0 Å². The third-order valence-corrected chi connectivity index (χ3v) is 6.70. The highest BCUT2D eigenvalue weighted by molar-refractivity contribution is 7.89. The smallest absolute Gasteiger partial charge is 0.278 e. The number of carbonyl (C=O) groups excluding carboxylic acids is 1. The molecule has 154 valence electrons. The average Bonchev–Trinajstić information content (AvgIpc) is 3.03. The molecule has 3 rings (SSSR count). The number of carbonyl (C=O) groups is 1. The molecule has 0 radical (unpaired) electrons. The highest BCUT2D eigenvalue weighted by Gasteiger charge is 2.30. The van der Waals surface area contributed by atoms with Gasteiger partial charge < -0.3 is 0 Å². The number of thiophene rings is 1. The largest absolute Gasteiger partial charge is 0.416 e. The van der Waals surface area contributed by atoms with Crippen molar-refractivity contribution in [2.75, 3.05) is 0 Å². The number of rotatable bonds is 4. The highest BCUT2D eigenvalue weighted by atomic mass is 32.2. The number of hydrogen-bond acceptors (Lipinski definition) is 4. The number of alkyl halides is 3. The van der Waals surface area contributed by atoms with Gasteiger partial charge in [-0.2, -0.15) is 13.2 Å². The van der Waals surface area contributed by atoms with Crippen LogP contribution in [0.25, 0.3) is 21.6 Å². The van der Waals surface area contributed by atoms with Crippen molar-refractivity contribution in [2.45, 2.75) is 18.0 Å². The first-order chi connectivity index (χ1) is 13.9. The zero-order chi connectivity index (χ0) is 22.3. The van der Waals surface area contributed by atoms with E-state index in [9.17, 15) is 26.4 Å². The van der Waals surface area contributed by atoms with Gasteiger partial charge in [0, 0.05) is 10.4 Å². The van der Waals surface area contributed by atoms with E-state index < -0.39 is 27.5 Å². The quantitative estimate of drug-likeness (QED) is 0.351. The number of primary sulfonamides is 1. The van der Waals surface area contributed by atoms with Crippen molar-refractivity contribution in [1.82, 2.24) is 0 Å². The summed E-state index contributed by atoms with van der Waals surface area (Å²) in [5.41, 5.74) is 1.40. The van der Waals surface area contributed by atoms with Crippen molar-refractivity contribution in [1.29, 1.82) is 0 Å². The van der Waals surface area contributed by atoms with E-state index in [0.717, 1.165) is 23.5 Å². The minimum Gasteiger partial charge on any atom is -0.278 e. The first-order valence-corrected chi connectivity index (χ1v) is 10.7. The zero-order valence-electron chi connectivity index (χ0n) is 15.4. The van der Waals surface area contributed by atoms with Gasteiger partial charge in [-0.1, -0.05) is 24.3 Å². The molecule has 2 aromatic carbocycles. The summed E-state index contributed by atoms with van der Waals surface area (Å²) in [5, 5.41) is 5.11. The number of hydrogen-bond donors (Lipinski definition) is 1. The van der Waals surface area contributed by atoms with Crippen LogP contribution in [0.2, 0.25) is 0 Å². The predicted molar refractivity (Wildman–Crippen MR) is 109 cm³/mol. The molecular weight excluding hydrogens is 435 g/mol. The van der Waals surface area contributed by atoms with Crippen LogP contribution in [0.3, 0.4) is 0 Å². The summed E-state index contributed by atoms with van der Waals surface area (Å²) in [5.74, 6) is 1.48. The van der Waals surface area contributed by atoms with Crippen LogP contribution in [0.5, 0.6) is 0 Å². The molecule has 0 aliphatic heterocycles. The van der Waals surface area contributed by atoms with E-state index in [1.807, 2.05) is 0 Å². The summed E-state index contributed by atoms with van der Waals surface area (Å²) in [4.78, 5) is 13.1. The minimum atomic E-state index is -4.45. The van der Waals surface area contributed by atoms with Crippen molar-refractivity contribution in [2.24, 2.45) is 5.14 Å². The Kier molecular flexibility index (Phi) is 5.60. The van der Waals surface area contributed by atoms with Crippen LogP contribution in [0.4, 0.5) is 13.2 Å². The SMILES string of the molecule is C#CC(=O)c1sc(-c2ccc(C(F)(F)F)cc2)c(C)c1-c1ccc(S(N)(=O)=O)cc1. The molecule has 0 aliphatic rings. The van der Waals surface area contributed by atoms with Gasteiger partial charge in [0.25, 0.3) is 0 Å². The Morgan fingerprint density at radius 3 is 2.03 bits per heavy atom. The number of Topliss-reactive ketones (excluding diaryl/α,β-unsaturated/α-hetero) is 1. The third-order valence-electron chi connectivity index (χ3n) is 4.43. The summed E-state index contributed by atoms with van der Waals surface area (Å²) < 4.78 is 61.5. The Balaban J connectivity index is 2.16. The van der Waals surface area contributed by atoms with Gasteiger partial charge in [0.15, 0.2) is 0 Å². The van der Waals surface area contributed by atoms with Crippen molar-refractivity contribution in [3.63, 3.8) is 0 Å². The summed E-state index contributed by atoms with van der Waals surface area (Å²) in [6, 6.07) is 10.2. The van der Waals surface area contributed by atoms with E-state index in [0.29, 0.717) is 27.1 Å². The molecule has 1 aromatic heterocycles. The van der Waals surface area contributed by atoms with Crippen LogP contribution in [0.1, 0.15) is 20.8 Å². The second-order valence-electron chi connectivity index (χ2n) is 6.38. The predicted octanol–water partition coefficient (Wildman–Crippen LogP) is 4.87. The Hall–Kier alpha value is -2.93. The van der Waals surface area contributed by atoms with Gasteiger partial charge >= 0.3 is 6.18 Å². The number of sulfonamides is 1. The van der Waals surface area contributed by atoms with E-state index in [4.69, 9.17) is 11.6 Å². The molecule has 0 saturated heterocycles. The maximum absolute atomic E-state index is 12.8. The Morgan fingerprint density at radius 1 is 1.03 bits per heavy atom. The van der Waals surface area contributed by atoms with E-state index in [-0.39, 0.29) is 9.77 Å². The molecule has 4 nitrogen and oxygen atoms in total. The van der Waals surface area contributed by atoms with Crippen LogP contribution < -0.4 is 5.14 Å². The minimum absolute atomic E-state index is 0.0908. The van der Waals surface area contributed by atoms with E-state index in [1.165, 1.54) is 36.4 Å². The van der Waals surface area contributed by atoms with E-state index in [2.05, 4.69) is 5.92 Å². The molecule has 30 heavy (non-hydrogen) atoms. The average molecular weight is 449 g/mol. The van der Waals surface area contributed by atoms with Crippen LogP contribution in [0, 0.1) is 19.3 Å². The molecule has 0 amide bonds. The molecule has 2 N–H and O–H groups in total. The van der Waals surface area contributed by atoms with Gasteiger partial charge in [-0.05, 0) is 53.8 Å². The summed E-state index contributed by atoms with van der Waals surface area (Å²) in [7, 11) is -3.89. The monoisotopic (exact) mass is 449 g/mol. The molecule has 0 bridgehead atoms. The Morgan fingerprint density at radius 2 is 1.57 bits per heavy atom. The lowest BCUT2D eigenvalue weighted by Gasteiger charge is -2.08. The van der Waals surface area contributed by atoms with Gasteiger partial charge in [-0.25, -0.2) is 13.6 Å². The maximum atomic E-state index is 12.8. The number of halogens is 3. The fourth-order valence-electron chi connectivity index (χ4n) is 2.98. The first kappa shape index (κ1) is 21.8. The van der Waals surface area contributed by atoms with Crippen LogP contribution in [0.15, 0.2) is 53.4 Å². The van der Waals surface area contributed by atoms with Gasteiger partial charge in [-0.3, -0.25) is 4.79 Å².